The molecule has 2 N–H and O–H groups in total. The predicted molar refractivity (Wildman–Crippen MR) is 140 cm³/mol. The summed E-state index contributed by atoms with van der Waals surface area (Å²) in [5, 5.41) is 6.01. The molecule has 0 saturated carbocycles. The second-order valence-electron chi connectivity index (χ2n) is 9.35. The van der Waals surface area contributed by atoms with Crippen molar-refractivity contribution in [2.24, 2.45) is 0 Å². The number of benzene rings is 2. The molecule has 0 radical (unpaired) electrons. The molecule has 1 aliphatic rings. The molecule has 2 atom stereocenters. The van der Waals surface area contributed by atoms with E-state index < -0.39 is 33.6 Å². The number of fused-ring (bicyclic) bond motifs is 1. The molecule has 0 aliphatic carbocycles. The maximum Gasteiger partial charge on any atom is 0.266 e. The number of hydrogen-bond acceptors (Lipinski definition) is 8. The highest BCUT2D eigenvalue weighted by Gasteiger charge is 2.33. The normalized spacial score (nSPS) is 16.4. The van der Waals surface area contributed by atoms with Crippen LogP contribution in [0.2, 0.25) is 0 Å². The molecule has 2 unspecified atom stereocenters. The second-order valence-corrected chi connectivity index (χ2v) is 11.5. The van der Waals surface area contributed by atoms with E-state index in [9.17, 15) is 18.0 Å². The molecule has 2 heterocycles. The van der Waals surface area contributed by atoms with E-state index in [1.807, 2.05) is 13.0 Å². The summed E-state index contributed by atoms with van der Waals surface area (Å²) < 4.78 is 37.2. The molecule has 1 amide bonds. The van der Waals surface area contributed by atoms with Crippen LogP contribution in [0, 0.1) is 0 Å². The smallest absolute Gasteiger partial charge is 0.266 e. The highest BCUT2D eigenvalue weighted by atomic mass is 32.2. The maximum absolute atomic E-state index is 13.5. The number of rotatable bonds is 12. The fourth-order valence-corrected chi connectivity index (χ4v) is 6.02. The third-order valence-electron chi connectivity index (χ3n) is 6.34. The van der Waals surface area contributed by atoms with E-state index >= 15 is 0 Å². The molecule has 0 spiro atoms. The molecule has 4 rings (SSSR count). The van der Waals surface area contributed by atoms with Crippen LogP contribution in [0.5, 0.6) is 0 Å². The molecule has 1 aliphatic heterocycles. The fraction of sp³-hybridized carbons (Fsp3) is 0.444. The van der Waals surface area contributed by atoms with Gasteiger partial charge in [-0.15, -0.1) is 0 Å². The van der Waals surface area contributed by atoms with Gasteiger partial charge < -0.3 is 19.8 Å². The van der Waals surface area contributed by atoms with Crippen LogP contribution in [-0.4, -0.2) is 62.2 Å². The highest BCUT2D eigenvalue weighted by molar-refractivity contribution is 7.90. The van der Waals surface area contributed by atoms with Crippen molar-refractivity contribution in [1.29, 1.82) is 0 Å². The molecular weight excluding hydrogens is 494 g/mol. The molecular formula is C27H33N3O6S. The summed E-state index contributed by atoms with van der Waals surface area (Å²) in [5.41, 5.74) is 1.69. The van der Waals surface area contributed by atoms with E-state index in [4.69, 9.17) is 9.15 Å². The van der Waals surface area contributed by atoms with Crippen LogP contribution in [0.25, 0.3) is 11.1 Å². The summed E-state index contributed by atoms with van der Waals surface area (Å²) in [6, 6.07) is 14.0. The Morgan fingerprint density at radius 2 is 1.73 bits per heavy atom. The lowest BCUT2D eigenvalue weighted by Gasteiger charge is -2.29. The lowest BCUT2D eigenvalue weighted by molar-refractivity contribution is -0.123. The van der Waals surface area contributed by atoms with Gasteiger partial charge in [-0.1, -0.05) is 55.8 Å². The van der Waals surface area contributed by atoms with Crippen LogP contribution in [0.15, 0.2) is 59.0 Å². The molecule has 1 fully saturated rings. The summed E-state index contributed by atoms with van der Waals surface area (Å²) in [5.74, 6) is -1.62. The van der Waals surface area contributed by atoms with Crippen LogP contribution in [0.3, 0.4) is 0 Å². The summed E-state index contributed by atoms with van der Waals surface area (Å²) in [6.45, 7) is 2.98. The first-order valence-corrected chi connectivity index (χ1v) is 14.4. The number of nitrogens with one attached hydrogen (secondary N) is 2. The van der Waals surface area contributed by atoms with Crippen molar-refractivity contribution in [3.8, 4) is 0 Å². The zero-order valence-electron chi connectivity index (χ0n) is 20.9. The zero-order chi connectivity index (χ0) is 26.3. The highest BCUT2D eigenvalue weighted by Crippen LogP contribution is 2.18. The van der Waals surface area contributed by atoms with Gasteiger partial charge in [-0.25, -0.2) is 13.4 Å². The van der Waals surface area contributed by atoms with Gasteiger partial charge in [0.25, 0.3) is 5.89 Å². The average molecular weight is 528 g/mol. The Labute approximate surface area is 216 Å². The second kappa shape index (κ2) is 12.4. The van der Waals surface area contributed by atoms with E-state index in [0.717, 1.165) is 0 Å². The number of ketones is 1. The number of amides is 1. The van der Waals surface area contributed by atoms with Gasteiger partial charge in [0.1, 0.15) is 11.6 Å². The molecule has 3 aromatic rings. The van der Waals surface area contributed by atoms with Crippen molar-refractivity contribution in [3.63, 3.8) is 0 Å². The van der Waals surface area contributed by atoms with Crippen molar-refractivity contribution >= 4 is 32.6 Å². The van der Waals surface area contributed by atoms with Crippen molar-refractivity contribution in [1.82, 2.24) is 15.6 Å². The lowest BCUT2D eigenvalue weighted by atomic mass is 10.1. The Morgan fingerprint density at radius 3 is 2.43 bits per heavy atom. The van der Waals surface area contributed by atoms with Gasteiger partial charge in [-0.3, -0.25) is 9.59 Å². The van der Waals surface area contributed by atoms with Crippen molar-refractivity contribution in [3.05, 3.63) is 66.1 Å². The van der Waals surface area contributed by atoms with Crippen LogP contribution in [-0.2, 0) is 25.1 Å². The molecule has 1 aromatic heterocycles. The minimum absolute atomic E-state index is 0.0613. The lowest BCUT2D eigenvalue weighted by Crippen LogP contribution is -2.55. The van der Waals surface area contributed by atoms with Crippen LogP contribution < -0.4 is 10.6 Å². The van der Waals surface area contributed by atoms with Crippen LogP contribution >= 0.6 is 0 Å². The van der Waals surface area contributed by atoms with Crippen molar-refractivity contribution in [2.45, 2.75) is 56.5 Å². The van der Waals surface area contributed by atoms with Gasteiger partial charge >= 0.3 is 0 Å². The molecule has 198 valence electrons. The zero-order valence-corrected chi connectivity index (χ0v) is 21.7. The molecule has 2 aromatic carbocycles. The van der Waals surface area contributed by atoms with E-state index in [-0.39, 0.29) is 23.4 Å². The van der Waals surface area contributed by atoms with E-state index in [1.165, 1.54) is 0 Å². The van der Waals surface area contributed by atoms with Gasteiger partial charge in [0.2, 0.25) is 11.7 Å². The average Bonchev–Trinajstić information content (AvgIpc) is 3.33. The third kappa shape index (κ3) is 7.47. The van der Waals surface area contributed by atoms with Gasteiger partial charge in [0.05, 0.1) is 17.5 Å². The Balaban J connectivity index is 1.51. The SMILES string of the molecule is CCCC(NC(=O)C(CS(=O)(=O)Cc1ccccc1)NC1CCOCC1)C(=O)c1nc2ccccc2o1. The van der Waals surface area contributed by atoms with Crippen LogP contribution in [0.1, 0.15) is 48.9 Å². The number of sulfone groups is 1. The van der Waals surface area contributed by atoms with Gasteiger partial charge in [-0.05, 0) is 37.0 Å². The fourth-order valence-electron chi connectivity index (χ4n) is 4.45. The summed E-state index contributed by atoms with van der Waals surface area (Å²) in [7, 11) is -3.64. The van der Waals surface area contributed by atoms with E-state index in [2.05, 4.69) is 15.6 Å². The topological polar surface area (TPSA) is 128 Å². The molecule has 9 nitrogen and oxygen atoms in total. The van der Waals surface area contributed by atoms with Crippen molar-refractivity contribution in [2.75, 3.05) is 19.0 Å². The molecule has 1 saturated heterocycles. The minimum Gasteiger partial charge on any atom is -0.434 e. The first-order chi connectivity index (χ1) is 17.8. The monoisotopic (exact) mass is 527 g/mol. The number of carbonyl (C=O) groups excluding carboxylic acids is 2. The Kier molecular flexibility index (Phi) is 9.07. The standard InChI is InChI=1S/C27H33N3O6S/c1-2-8-22(25(31)27-30-21-11-6-7-12-24(21)36-27)29-26(32)23(28-20-13-15-35-16-14-20)18-37(33,34)17-19-9-4-3-5-10-19/h3-7,9-12,20,22-23,28H,2,8,13-18H2,1H3,(H,29,32). The summed E-state index contributed by atoms with van der Waals surface area (Å²) >= 11 is 0. The van der Waals surface area contributed by atoms with Gasteiger partial charge in [0, 0.05) is 19.3 Å². The number of carbonyl (C=O) groups is 2. The Bertz CT molecular complexity index is 1270. The quantitative estimate of drug-likeness (QED) is 0.344. The number of nitrogens with zero attached hydrogens (tertiary/aromatic N) is 1. The predicted octanol–water partition coefficient (Wildman–Crippen LogP) is 3.05. The number of para-hydroxylation sites is 2. The minimum atomic E-state index is -3.64. The molecule has 10 heteroatoms. The number of ether oxygens (including phenoxy) is 1. The van der Waals surface area contributed by atoms with E-state index in [1.54, 1.807) is 48.5 Å². The molecule has 37 heavy (non-hydrogen) atoms. The Hall–Kier alpha value is -3.08. The largest absolute Gasteiger partial charge is 0.434 e. The van der Waals surface area contributed by atoms with Gasteiger partial charge in [-0.2, -0.15) is 0 Å². The molecule has 0 bridgehead atoms. The third-order valence-corrected chi connectivity index (χ3v) is 7.95. The maximum atomic E-state index is 13.5. The summed E-state index contributed by atoms with van der Waals surface area (Å²) in [6.07, 6.45) is 2.33. The van der Waals surface area contributed by atoms with Crippen molar-refractivity contribution < 1.29 is 27.2 Å². The summed E-state index contributed by atoms with van der Waals surface area (Å²) in [4.78, 5) is 31.0. The number of Topliss-reactive ketones (excluding diaryl/α,β-unsaturated/α-hetero) is 1. The first-order valence-electron chi connectivity index (χ1n) is 12.6. The number of hydrogen-bond donors (Lipinski definition) is 2. The number of aromatic nitrogens is 1. The van der Waals surface area contributed by atoms with Crippen LogP contribution in [0.4, 0.5) is 0 Å². The first kappa shape index (κ1) is 27.0. The number of oxazole rings is 1. The Morgan fingerprint density at radius 1 is 1.03 bits per heavy atom. The van der Waals surface area contributed by atoms with Gasteiger partial charge in [0.15, 0.2) is 15.4 Å². The van der Waals surface area contributed by atoms with E-state index in [0.29, 0.717) is 55.6 Å².